The van der Waals surface area contributed by atoms with Gasteiger partial charge in [-0.2, -0.15) is 4.98 Å². The number of aryl methyl sites for hydroxylation is 1. The van der Waals surface area contributed by atoms with E-state index < -0.39 is 0 Å². The van der Waals surface area contributed by atoms with Crippen LogP contribution in [-0.4, -0.2) is 39.0 Å². The van der Waals surface area contributed by atoms with Gasteiger partial charge in [-0.1, -0.05) is 5.16 Å². The number of rotatable bonds is 3. The van der Waals surface area contributed by atoms with Crippen molar-refractivity contribution in [3.8, 4) is 0 Å². The number of hydrogen-bond donors (Lipinski definition) is 0. The van der Waals surface area contributed by atoms with E-state index in [1.807, 2.05) is 16.5 Å². The van der Waals surface area contributed by atoms with Crippen LogP contribution in [0.5, 0.6) is 0 Å². The molecule has 3 rings (SSSR count). The van der Waals surface area contributed by atoms with Crippen LogP contribution in [0.25, 0.3) is 0 Å². The van der Waals surface area contributed by atoms with Gasteiger partial charge in [-0.15, -0.1) is 11.3 Å². The normalized spacial score (nSPS) is 16.6. The zero-order valence-electron chi connectivity index (χ0n) is 11.3. The number of aromatic nitrogens is 3. The van der Waals surface area contributed by atoms with Crippen LogP contribution in [0.15, 0.2) is 16.1 Å². The fraction of sp³-hybridized carbons (Fsp3) is 0.538. The highest BCUT2D eigenvalue weighted by Crippen LogP contribution is 2.29. The Morgan fingerprint density at radius 3 is 2.90 bits per heavy atom. The highest BCUT2D eigenvalue weighted by Gasteiger charge is 2.25. The fourth-order valence-corrected chi connectivity index (χ4v) is 3.28. The van der Waals surface area contributed by atoms with Gasteiger partial charge >= 0.3 is 0 Å². The van der Waals surface area contributed by atoms with Crippen molar-refractivity contribution < 1.29 is 9.32 Å². The summed E-state index contributed by atoms with van der Waals surface area (Å²) in [6.07, 6.45) is 4.02. The molecule has 7 heteroatoms. The molecule has 0 N–H and O–H groups in total. The maximum Gasteiger partial charge on any atom is 0.230 e. The second-order valence-corrected chi connectivity index (χ2v) is 5.86. The smallest absolute Gasteiger partial charge is 0.230 e. The predicted octanol–water partition coefficient (Wildman–Crippen LogP) is 1.78. The molecule has 3 heterocycles. The summed E-state index contributed by atoms with van der Waals surface area (Å²) in [4.78, 5) is 22.5. The van der Waals surface area contributed by atoms with Gasteiger partial charge in [-0.25, -0.2) is 4.98 Å². The molecule has 0 aromatic carbocycles. The molecule has 0 spiro atoms. The van der Waals surface area contributed by atoms with Gasteiger partial charge in [0.25, 0.3) is 0 Å². The number of carbonyl (C=O) groups is 1. The first-order valence-electron chi connectivity index (χ1n) is 6.68. The molecule has 1 saturated heterocycles. The molecular formula is C13H16N4O2S. The summed E-state index contributed by atoms with van der Waals surface area (Å²) in [6, 6.07) is 0. The zero-order valence-corrected chi connectivity index (χ0v) is 12.1. The lowest BCUT2D eigenvalue weighted by atomic mass is 9.97. The van der Waals surface area contributed by atoms with Gasteiger partial charge in [0, 0.05) is 37.5 Å². The molecule has 0 saturated carbocycles. The Morgan fingerprint density at radius 1 is 1.50 bits per heavy atom. The van der Waals surface area contributed by atoms with Crippen molar-refractivity contribution in [2.45, 2.75) is 32.1 Å². The first-order valence-corrected chi connectivity index (χ1v) is 7.56. The summed E-state index contributed by atoms with van der Waals surface area (Å²) in [5, 5.41) is 6.96. The van der Waals surface area contributed by atoms with Crippen molar-refractivity contribution in [3.05, 3.63) is 28.3 Å². The second-order valence-electron chi connectivity index (χ2n) is 4.93. The lowest BCUT2D eigenvalue weighted by molar-refractivity contribution is -0.131. The summed E-state index contributed by atoms with van der Waals surface area (Å²) in [6.45, 7) is 3.28. The molecule has 0 aliphatic carbocycles. The van der Waals surface area contributed by atoms with E-state index in [1.54, 1.807) is 18.3 Å². The number of thiazole rings is 1. The number of piperidine rings is 1. The molecule has 2 aromatic rings. The van der Waals surface area contributed by atoms with E-state index in [9.17, 15) is 4.79 Å². The maximum atomic E-state index is 12.2. The first kappa shape index (κ1) is 13.2. The minimum absolute atomic E-state index is 0.0726. The summed E-state index contributed by atoms with van der Waals surface area (Å²) in [5.74, 6) is 1.53. The summed E-state index contributed by atoms with van der Waals surface area (Å²) < 4.78 is 4.88. The van der Waals surface area contributed by atoms with E-state index >= 15 is 0 Å². The SMILES string of the molecule is Cc1nc(CC(=O)N2CCC(c3nccs3)CC2)no1. The topological polar surface area (TPSA) is 72.1 Å². The monoisotopic (exact) mass is 292 g/mol. The standard InChI is InChI=1S/C13H16N4O2S/c1-9-15-11(16-19-9)8-12(18)17-5-2-10(3-6-17)13-14-4-7-20-13/h4,7,10H,2-3,5-6,8H2,1H3. The van der Waals surface area contributed by atoms with Gasteiger partial charge in [0.1, 0.15) is 0 Å². The minimum atomic E-state index is 0.0726. The van der Waals surface area contributed by atoms with Crippen molar-refractivity contribution in [2.75, 3.05) is 13.1 Å². The summed E-state index contributed by atoms with van der Waals surface area (Å²) in [5.41, 5.74) is 0. The molecular weight excluding hydrogens is 276 g/mol. The van der Waals surface area contributed by atoms with Crippen molar-refractivity contribution in [3.63, 3.8) is 0 Å². The number of carbonyl (C=O) groups excluding carboxylic acids is 1. The molecule has 1 fully saturated rings. The van der Waals surface area contributed by atoms with Gasteiger partial charge in [0.15, 0.2) is 5.82 Å². The lowest BCUT2D eigenvalue weighted by Gasteiger charge is -2.30. The van der Waals surface area contributed by atoms with Crippen LogP contribution in [0.2, 0.25) is 0 Å². The molecule has 0 unspecified atom stereocenters. The molecule has 6 nitrogen and oxygen atoms in total. The van der Waals surface area contributed by atoms with E-state index in [2.05, 4.69) is 15.1 Å². The summed E-state index contributed by atoms with van der Waals surface area (Å²) in [7, 11) is 0. The van der Waals surface area contributed by atoms with Crippen LogP contribution >= 0.6 is 11.3 Å². The van der Waals surface area contributed by atoms with Gasteiger partial charge in [0.05, 0.1) is 11.4 Å². The molecule has 1 amide bonds. The van der Waals surface area contributed by atoms with E-state index in [0.717, 1.165) is 25.9 Å². The highest BCUT2D eigenvalue weighted by atomic mass is 32.1. The highest BCUT2D eigenvalue weighted by molar-refractivity contribution is 7.09. The quantitative estimate of drug-likeness (QED) is 0.862. The van der Waals surface area contributed by atoms with Gasteiger partial charge < -0.3 is 9.42 Å². The van der Waals surface area contributed by atoms with Crippen LogP contribution in [0.1, 0.15) is 35.5 Å². The Hall–Kier alpha value is -1.76. The Bertz CT molecular complexity index is 573. The van der Waals surface area contributed by atoms with Crippen LogP contribution in [0.4, 0.5) is 0 Å². The average molecular weight is 292 g/mol. The van der Waals surface area contributed by atoms with Gasteiger partial charge in [0.2, 0.25) is 11.8 Å². The van der Waals surface area contributed by atoms with Crippen LogP contribution in [0.3, 0.4) is 0 Å². The Morgan fingerprint density at radius 2 is 2.30 bits per heavy atom. The number of nitrogens with zero attached hydrogens (tertiary/aromatic N) is 4. The lowest BCUT2D eigenvalue weighted by Crippen LogP contribution is -2.38. The van der Waals surface area contributed by atoms with Crippen molar-refractivity contribution >= 4 is 17.2 Å². The van der Waals surface area contributed by atoms with Crippen LogP contribution in [-0.2, 0) is 11.2 Å². The minimum Gasteiger partial charge on any atom is -0.342 e. The Balaban J connectivity index is 1.54. The first-order chi connectivity index (χ1) is 9.72. The van der Waals surface area contributed by atoms with Crippen molar-refractivity contribution in [1.82, 2.24) is 20.0 Å². The largest absolute Gasteiger partial charge is 0.342 e. The molecule has 0 atom stereocenters. The molecule has 106 valence electrons. The van der Waals surface area contributed by atoms with E-state index in [0.29, 0.717) is 17.6 Å². The number of hydrogen-bond acceptors (Lipinski definition) is 6. The molecule has 1 aliphatic rings. The average Bonchev–Trinajstić information content (AvgIpc) is 3.11. The zero-order chi connectivity index (χ0) is 13.9. The third kappa shape index (κ3) is 2.87. The van der Waals surface area contributed by atoms with E-state index in [1.165, 1.54) is 5.01 Å². The Kier molecular flexibility index (Phi) is 3.77. The summed E-state index contributed by atoms with van der Waals surface area (Å²) >= 11 is 1.70. The predicted molar refractivity (Wildman–Crippen MR) is 73.4 cm³/mol. The molecule has 0 bridgehead atoms. The fourth-order valence-electron chi connectivity index (χ4n) is 2.47. The van der Waals surface area contributed by atoms with E-state index in [4.69, 9.17) is 4.52 Å². The van der Waals surface area contributed by atoms with E-state index in [-0.39, 0.29) is 12.3 Å². The molecule has 20 heavy (non-hydrogen) atoms. The third-order valence-corrected chi connectivity index (χ3v) is 4.47. The van der Waals surface area contributed by atoms with Gasteiger partial charge in [-0.05, 0) is 12.8 Å². The number of likely N-dealkylation sites (tertiary alicyclic amines) is 1. The van der Waals surface area contributed by atoms with Gasteiger partial charge in [-0.3, -0.25) is 4.79 Å². The number of amides is 1. The molecule has 1 aliphatic heterocycles. The molecule has 2 aromatic heterocycles. The Labute approximate surface area is 120 Å². The van der Waals surface area contributed by atoms with Crippen molar-refractivity contribution in [2.24, 2.45) is 0 Å². The maximum absolute atomic E-state index is 12.2. The molecule has 0 radical (unpaired) electrons. The third-order valence-electron chi connectivity index (χ3n) is 3.53. The van der Waals surface area contributed by atoms with Crippen molar-refractivity contribution in [1.29, 1.82) is 0 Å². The second kappa shape index (κ2) is 5.70. The van der Waals surface area contributed by atoms with Crippen LogP contribution in [0, 0.1) is 6.92 Å². The van der Waals surface area contributed by atoms with Crippen LogP contribution < -0.4 is 0 Å².